The molecule has 1 aromatic rings. The first kappa shape index (κ1) is 18.4. The summed E-state index contributed by atoms with van der Waals surface area (Å²) in [4.78, 5) is 0. The molecule has 1 saturated carbocycles. The van der Waals surface area contributed by atoms with E-state index in [2.05, 4.69) is 9.46 Å². The molecular weight excluding hydrogens is 318 g/mol. The average molecular weight is 343 g/mol. The quantitative estimate of drug-likeness (QED) is 0.605. The predicted molar refractivity (Wildman–Crippen MR) is 87.9 cm³/mol. The third-order valence-corrected chi connectivity index (χ3v) is 5.50. The fourth-order valence-electron chi connectivity index (χ4n) is 2.78. The molecule has 7 heteroatoms. The Morgan fingerprint density at radius 1 is 1.22 bits per heavy atom. The van der Waals surface area contributed by atoms with Crippen molar-refractivity contribution >= 4 is 11.0 Å². The topological polar surface area (TPSA) is 99.0 Å². The lowest BCUT2D eigenvalue weighted by atomic mass is 9.94. The van der Waals surface area contributed by atoms with Gasteiger partial charge >= 0.3 is 6.16 Å². The number of hydrogen-bond donors (Lipinski definition) is 4. The van der Waals surface area contributed by atoms with E-state index in [9.17, 15) is 4.21 Å². The second-order valence-electron chi connectivity index (χ2n) is 6.89. The maximum absolute atomic E-state index is 12.3. The van der Waals surface area contributed by atoms with Crippen molar-refractivity contribution in [2.24, 2.45) is 0 Å². The van der Waals surface area contributed by atoms with Crippen LogP contribution in [0.1, 0.15) is 51.5 Å². The van der Waals surface area contributed by atoms with Crippen LogP contribution in [0, 0.1) is 0 Å². The average Bonchev–Trinajstić information content (AvgIpc) is 2.84. The Bertz CT molecular complexity index is 564. The first-order valence-electron chi connectivity index (χ1n) is 7.70. The fourth-order valence-corrected chi connectivity index (χ4v) is 3.69. The van der Waals surface area contributed by atoms with Crippen LogP contribution in [0.2, 0.25) is 0 Å². The number of aliphatic hydroxyl groups is 3. The van der Waals surface area contributed by atoms with Gasteiger partial charge in [0.1, 0.15) is 5.75 Å². The van der Waals surface area contributed by atoms with Gasteiger partial charge in [0.05, 0.1) is 15.7 Å². The van der Waals surface area contributed by atoms with Crippen molar-refractivity contribution in [1.82, 2.24) is 4.72 Å². The van der Waals surface area contributed by atoms with Crippen molar-refractivity contribution in [2.45, 2.75) is 62.9 Å². The molecular formula is C16H25NO5S. The van der Waals surface area contributed by atoms with Gasteiger partial charge in [-0.1, -0.05) is 18.6 Å². The first-order valence-corrected chi connectivity index (χ1v) is 8.85. The highest BCUT2D eigenvalue weighted by molar-refractivity contribution is 7.84. The van der Waals surface area contributed by atoms with E-state index in [0.29, 0.717) is 0 Å². The van der Waals surface area contributed by atoms with Crippen molar-refractivity contribution in [3.8, 4) is 5.75 Å². The lowest BCUT2D eigenvalue weighted by Gasteiger charge is -2.26. The van der Waals surface area contributed by atoms with E-state index in [1.54, 1.807) is 12.1 Å². The molecule has 0 radical (unpaired) electrons. The summed E-state index contributed by atoms with van der Waals surface area (Å²) < 4.78 is 19.9. The summed E-state index contributed by atoms with van der Waals surface area (Å²) in [5.74, 6) is 0.327. The number of benzene rings is 1. The third-order valence-electron chi connectivity index (χ3n) is 3.87. The molecule has 2 rings (SSSR count). The van der Waals surface area contributed by atoms with Gasteiger partial charge in [0.15, 0.2) is 0 Å². The Labute approximate surface area is 139 Å². The molecule has 0 aromatic heterocycles. The smallest absolute Gasteiger partial charge is 0.417 e. The van der Waals surface area contributed by atoms with E-state index in [1.165, 1.54) is 6.07 Å². The second kappa shape index (κ2) is 6.86. The first-order chi connectivity index (χ1) is 10.6. The summed E-state index contributed by atoms with van der Waals surface area (Å²) in [6.45, 7) is 5.79. The summed E-state index contributed by atoms with van der Waals surface area (Å²) in [6, 6.07) is 6.94. The van der Waals surface area contributed by atoms with Crippen LogP contribution >= 0.6 is 0 Å². The van der Waals surface area contributed by atoms with Gasteiger partial charge < -0.3 is 20.1 Å². The summed E-state index contributed by atoms with van der Waals surface area (Å²) in [6.07, 6.45) is -0.287. The van der Waals surface area contributed by atoms with Gasteiger partial charge in [-0.25, -0.2) is 8.93 Å². The molecule has 0 heterocycles. The van der Waals surface area contributed by atoms with E-state index >= 15 is 0 Å². The van der Waals surface area contributed by atoms with Crippen molar-refractivity contribution in [3.63, 3.8) is 0 Å². The highest BCUT2D eigenvalue weighted by Gasteiger charge is 2.32. The SMILES string of the molecule is CC(C)(C)S(=O)N[C@@H]1CCCC1c1cccc(OC(O)(O)O)c1. The van der Waals surface area contributed by atoms with Crippen molar-refractivity contribution in [1.29, 1.82) is 0 Å². The second-order valence-corrected chi connectivity index (χ2v) is 8.89. The minimum Gasteiger partial charge on any atom is -0.417 e. The lowest BCUT2D eigenvalue weighted by molar-refractivity contribution is -0.419. The summed E-state index contributed by atoms with van der Waals surface area (Å²) in [7, 11) is -1.14. The van der Waals surface area contributed by atoms with E-state index in [0.717, 1.165) is 24.8 Å². The van der Waals surface area contributed by atoms with Crippen molar-refractivity contribution in [3.05, 3.63) is 29.8 Å². The van der Waals surface area contributed by atoms with Gasteiger partial charge in [0.25, 0.3) is 0 Å². The summed E-state index contributed by atoms with van der Waals surface area (Å²) in [5.41, 5.74) is 0.952. The Morgan fingerprint density at radius 2 is 1.91 bits per heavy atom. The van der Waals surface area contributed by atoms with Gasteiger partial charge in [-0.2, -0.15) is 0 Å². The van der Waals surface area contributed by atoms with Gasteiger partial charge in [-0.15, -0.1) is 0 Å². The highest BCUT2D eigenvalue weighted by Crippen LogP contribution is 2.36. The van der Waals surface area contributed by atoms with Crippen LogP contribution in [-0.4, -0.2) is 36.5 Å². The number of ether oxygens (including phenoxy) is 1. The predicted octanol–water partition coefficient (Wildman–Crippen LogP) is 1.34. The molecule has 6 nitrogen and oxygen atoms in total. The minimum atomic E-state index is -3.19. The monoisotopic (exact) mass is 343 g/mol. The normalized spacial score (nSPS) is 23.7. The Kier molecular flexibility index (Phi) is 5.48. The van der Waals surface area contributed by atoms with Crippen LogP contribution in [0.15, 0.2) is 24.3 Å². The van der Waals surface area contributed by atoms with Crippen molar-refractivity contribution in [2.75, 3.05) is 0 Å². The number of hydrogen-bond acceptors (Lipinski definition) is 5. The molecule has 2 unspecified atom stereocenters. The zero-order valence-corrected chi connectivity index (χ0v) is 14.5. The Hall–Kier alpha value is -0.990. The van der Waals surface area contributed by atoms with Crippen LogP contribution in [0.5, 0.6) is 5.75 Å². The Balaban J connectivity index is 2.14. The lowest BCUT2D eigenvalue weighted by Crippen LogP contribution is -2.40. The largest absolute Gasteiger partial charge is 0.453 e. The third kappa shape index (κ3) is 5.26. The van der Waals surface area contributed by atoms with Gasteiger partial charge in [-0.3, -0.25) is 0 Å². The van der Waals surface area contributed by atoms with Crippen molar-refractivity contribution < 1.29 is 24.3 Å². The van der Waals surface area contributed by atoms with E-state index in [4.69, 9.17) is 15.3 Å². The summed E-state index contributed by atoms with van der Waals surface area (Å²) >= 11 is 0. The molecule has 130 valence electrons. The van der Waals surface area contributed by atoms with Crippen LogP contribution in [0.4, 0.5) is 0 Å². The Morgan fingerprint density at radius 3 is 2.52 bits per heavy atom. The maximum atomic E-state index is 12.3. The highest BCUT2D eigenvalue weighted by atomic mass is 32.2. The maximum Gasteiger partial charge on any atom is 0.453 e. The van der Waals surface area contributed by atoms with Crippen LogP contribution < -0.4 is 9.46 Å². The molecule has 23 heavy (non-hydrogen) atoms. The molecule has 0 bridgehead atoms. The van der Waals surface area contributed by atoms with E-state index in [-0.39, 0.29) is 22.5 Å². The zero-order valence-electron chi connectivity index (χ0n) is 13.7. The molecule has 0 spiro atoms. The molecule has 0 saturated heterocycles. The van der Waals surface area contributed by atoms with Crippen LogP contribution in [0.3, 0.4) is 0 Å². The molecule has 1 aliphatic carbocycles. The molecule has 1 aliphatic rings. The minimum absolute atomic E-state index is 0.0902. The van der Waals surface area contributed by atoms with E-state index < -0.39 is 17.1 Å². The number of nitrogens with one attached hydrogen (secondary N) is 1. The van der Waals surface area contributed by atoms with Gasteiger partial charge in [0, 0.05) is 12.0 Å². The van der Waals surface area contributed by atoms with Crippen LogP contribution in [-0.2, 0) is 11.0 Å². The van der Waals surface area contributed by atoms with Gasteiger partial charge in [-0.05, 0) is 51.3 Å². The van der Waals surface area contributed by atoms with E-state index in [1.807, 2.05) is 26.8 Å². The molecule has 0 amide bonds. The molecule has 1 fully saturated rings. The molecule has 3 atom stereocenters. The fraction of sp³-hybridized carbons (Fsp3) is 0.625. The zero-order chi connectivity index (χ0) is 17.3. The van der Waals surface area contributed by atoms with Gasteiger partial charge in [0.2, 0.25) is 0 Å². The number of rotatable bonds is 5. The van der Waals surface area contributed by atoms with Crippen LogP contribution in [0.25, 0.3) is 0 Å². The summed E-state index contributed by atoms with van der Waals surface area (Å²) in [5, 5.41) is 26.8. The molecule has 1 aromatic carbocycles. The standard InChI is InChI=1S/C16H25NO5S/c1-15(2,3)23(21)17-14-9-5-8-13(14)11-6-4-7-12(10-11)22-16(18,19)20/h4,6-7,10,13-14,17-20H,5,8-9H2,1-3H3/t13?,14-,23?/m1/s1. The molecule has 0 aliphatic heterocycles. The molecule has 4 N–H and O–H groups in total.